The van der Waals surface area contributed by atoms with Crippen molar-refractivity contribution in [2.75, 3.05) is 5.32 Å². The molecular weight excluding hydrogens is 203 g/mol. The standard InChI is InChI=1S/C11H14F3N/c1-3-7(4-2)15-11-6-9(13)8(12)5-10(11)14/h5-7,15H,3-4H2,1-2H3. The van der Waals surface area contributed by atoms with E-state index in [2.05, 4.69) is 5.32 Å². The second-order valence-corrected chi connectivity index (χ2v) is 3.40. The Morgan fingerprint density at radius 1 is 1.00 bits per heavy atom. The lowest BCUT2D eigenvalue weighted by molar-refractivity contribution is 0.495. The van der Waals surface area contributed by atoms with Crippen LogP contribution in [0.5, 0.6) is 0 Å². The predicted octanol–water partition coefficient (Wildman–Crippen LogP) is 3.70. The molecule has 0 aromatic heterocycles. The molecule has 0 heterocycles. The first-order valence-electron chi connectivity index (χ1n) is 4.99. The van der Waals surface area contributed by atoms with Crippen LogP contribution in [-0.4, -0.2) is 6.04 Å². The van der Waals surface area contributed by atoms with E-state index in [1.165, 1.54) is 0 Å². The summed E-state index contributed by atoms with van der Waals surface area (Å²) in [6, 6.07) is 1.48. The molecule has 0 fully saturated rings. The first-order chi connectivity index (χ1) is 7.08. The van der Waals surface area contributed by atoms with Crippen LogP contribution in [-0.2, 0) is 0 Å². The molecule has 1 aromatic rings. The molecule has 1 aromatic carbocycles. The Labute approximate surface area is 87.3 Å². The van der Waals surface area contributed by atoms with Gasteiger partial charge in [0.2, 0.25) is 0 Å². The lowest BCUT2D eigenvalue weighted by Gasteiger charge is -2.16. The Hall–Kier alpha value is -1.19. The fourth-order valence-electron chi connectivity index (χ4n) is 1.35. The Morgan fingerprint density at radius 2 is 1.53 bits per heavy atom. The minimum absolute atomic E-state index is 0.0163. The van der Waals surface area contributed by atoms with Crippen LogP contribution < -0.4 is 5.32 Å². The highest BCUT2D eigenvalue weighted by Gasteiger charge is 2.11. The third kappa shape index (κ3) is 2.88. The molecule has 84 valence electrons. The summed E-state index contributed by atoms with van der Waals surface area (Å²) in [5.74, 6) is -2.96. The van der Waals surface area contributed by atoms with E-state index in [-0.39, 0.29) is 11.7 Å². The van der Waals surface area contributed by atoms with E-state index in [0.29, 0.717) is 6.07 Å². The zero-order valence-electron chi connectivity index (χ0n) is 8.78. The van der Waals surface area contributed by atoms with Gasteiger partial charge < -0.3 is 5.32 Å². The van der Waals surface area contributed by atoms with Crippen LogP contribution in [0.25, 0.3) is 0 Å². The molecule has 0 saturated carbocycles. The molecule has 0 aliphatic heterocycles. The Kier molecular flexibility index (Phi) is 4.00. The van der Waals surface area contributed by atoms with Gasteiger partial charge in [0.25, 0.3) is 0 Å². The number of nitrogens with one attached hydrogen (secondary N) is 1. The molecule has 0 amide bonds. The largest absolute Gasteiger partial charge is 0.380 e. The summed E-state index contributed by atoms with van der Waals surface area (Å²) >= 11 is 0. The SMILES string of the molecule is CCC(CC)Nc1cc(F)c(F)cc1F. The van der Waals surface area contributed by atoms with Crippen LogP contribution in [0, 0.1) is 17.5 Å². The molecular formula is C11H14F3N. The number of hydrogen-bond acceptors (Lipinski definition) is 1. The normalized spacial score (nSPS) is 10.8. The summed E-state index contributed by atoms with van der Waals surface area (Å²) in [6.45, 7) is 3.89. The molecule has 0 saturated heterocycles. The van der Waals surface area contributed by atoms with Crippen LogP contribution in [0.15, 0.2) is 12.1 Å². The first kappa shape index (κ1) is 11.9. The summed E-state index contributed by atoms with van der Waals surface area (Å²) in [4.78, 5) is 0. The lowest BCUT2D eigenvalue weighted by Crippen LogP contribution is -2.18. The highest BCUT2D eigenvalue weighted by atomic mass is 19.2. The van der Waals surface area contributed by atoms with Crippen LogP contribution in [0.3, 0.4) is 0 Å². The predicted molar refractivity (Wildman–Crippen MR) is 54.3 cm³/mol. The van der Waals surface area contributed by atoms with Crippen molar-refractivity contribution in [1.29, 1.82) is 0 Å². The molecule has 4 heteroatoms. The molecule has 0 bridgehead atoms. The van der Waals surface area contributed by atoms with Crippen molar-refractivity contribution < 1.29 is 13.2 Å². The van der Waals surface area contributed by atoms with Gasteiger partial charge in [-0.2, -0.15) is 0 Å². The minimum Gasteiger partial charge on any atom is -0.380 e. The van der Waals surface area contributed by atoms with E-state index in [0.717, 1.165) is 18.9 Å². The van der Waals surface area contributed by atoms with Gasteiger partial charge in [-0.05, 0) is 12.8 Å². The van der Waals surface area contributed by atoms with Crippen LogP contribution in [0.2, 0.25) is 0 Å². The van der Waals surface area contributed by atoms with Gasteiger partial charge in [-0.15, -0.1) is 0 Å². The molecule has 0 aliphatic rings. The quantitative estimate of drug-likeness (QED) is 0.758. The van der Waals surface area contributed by atoms with Gasteiger partial charge in [-0.3, -0.25) is 0 Å². The molecule has 1 rings (SSSR count). The summed E-state index contributed by atoms with van der Waals surface area (Å²) in [5.41, 5.74) is 0.0163. The van der Waals surface area contributed by atoms with Crippen molar-refractivity contribution >= 4 is 5.69 Å². The molecule has 0 atom stereocenters. The minimum atomic E-state index is -1.16. The van der Waals surface area contributed by atoms with Gasteiger partial charge in [0.15, 0.2) is 11.6 Å². The fourth-order valence-corrected chi connectivity index (χ4v) is 1.35. The Balaban J connectivity index is 2.89. The number of benzene rings is 1. The maximum absolute atomic E-state index is 13.2. The molecule has 0 aliphatic carbocycles. The lowest BCUT2D eigenvalue weighted by atomic mass is 10.1. The maximum atomic E-state index is 13.2. The maximum Gasteiger partial charge on any atom is 0.161 e. The first-order valence-corrected chi connectivity index (χ1v) is 4.99. The molecule has 1 N–H and O–H groups in total. The van der Waals surface area contributed by atoms with Crippen LogP contribution in [0.1, 0.15) is 26.7 Å². The topological polar surface area (TPSA) is 12.0 Å². The number of hydrogen-bond donors (Lipinski definition) is 1. The van der Waals surface area contributed by atoms with Crippen molar-refractivity contribution in [3.05, 3.63) is 29.6 Å². The van der Waals surface area contributed by atoms with Crippen molar-refractivity contribution in [3.63, 3.8) is 0 Å². The molecule has 15 heavy (non-hydrogen) atoms. The van der Waals surface area contributed by atoms with Gasteiger partial charge in [-0.25, -0.2) is 13.2 Å². The van der Waals surface area contributed by atoms with Gasteiger partial charge in [0.1, 0.15) is 5.82 Å². The number of anilines is 1. The summed E-state index contributed by atoms with van der Waals surface area (Å²) in [6.07, 6.45) is 1.60. The highest BCUT2D eigenvalue weighted by Crippen LogP contribution is 2.20. The number of halogens is 3. The average molecular weight is 217 g/mol. The van der Waals surface area contributed by atoms with E-state index >= 15 is 0 Å². The summed E-state index contributed by atoms with van der Waals surface area (Å²) in [5, 5.41) is 2.83. The smallest absolute Gasteiger partial charge is 0.161 e. The zero-order chi connectivity index (χ0) is 11.4. The van der Waals surface area contributed by atoms with Crippen molar-refractivity contribution in [3.8, 4) is 0 Å². The summed E-state index contributed by atoms with van der Waals surface area (Å²) < 4.78 is 38.6. The Bertz CT molecular complexity index is 335. The third-order valence-electron chi connectivity index (χ3n) is 2.36. The van der Waals surface area contributed by atoms with Gasteiger partial charge in [-0.1, -0.05) is 13.8 Å². The van der Waals surface area contributed by atoms with Gasteiger partial charge in [0.05, 0.1) is 5.69 Å². The monoisotopic (exact) mass is 217 g/mol. The highest BCUT2D eigenvalue weighted by molar-refractivity contribution is 5.46. The fraction of sp³-hybridized carbons (Fsp3) is 0.455. The van der Waals surface area contributed by atoms with Gasteiger partial charge >= 0.3 is 0 Å². The molecule has 0 unspecified atom stereocenters. The third-order valence-corrected chi connectivity index (χ3v) is 2.36. The van der Waals surface area contributed by atoms with E-state index in [4.69, 9.17) is 0 Å². The molecule has 0 spiro atoms. The van der Waals surface area contributed by atoms with Crippen molar-refractivity contribution in [1.82, 2.24) is 0 Å². The van der Waals surface area contributed by atoms with Crippen molar-refractivity contribution in [2.24, 2.45) is 0 Å². The van der Waals surface area contributed by atoms with Crippen LogP contribution >= 0.6 is 0 Å². The second-order valence-electron chi connectivity index (χ2n) is 3.40. The van der Waals surface area contributed by atoms with E-state index in [1.54, 1.807) is 0 Å². The molecule has 0 radical (unpaired) electrons. The van der Waals surface area contributed by atoms with E-state index in [9.17, 15) is 13.2 Å². The number of rotatable bonds is 4. The Morgan fingerprint density at radius 3 is 2.07 bits per heavy atom. The molecule has 1 nitrogen and oxygen atoms in total. The van der Waals surface area contributed by atoms with Gasteiger partial charge in [0, 0.05) is 18.2 Å². The van der Waals surface area contributed by atoms with E-state index in [1.807, 2.05) is 13.8 Å². The average Bonchev–Trinajstić information content (AvgIpc) is 2.21. The van der Waals surface area contributed by atoms with Crippen LogP contribution in [0.4, 0.5) is 18.9 Å². The second kappa shape index (κ2) is 5.05. The van der Waals surface area contributed by atoms with Crippen molar-refractivity contribution in [2.45, 2.75) is 32.7 Å². The van der Waals surface area contributed by atoms with E-state index < -0.39 is 17.5 Å². The summed E-state index contributed by atoms with van der Waals surface area (Å²) in [7, 11) is 0. The zero-order valence-corrected chi connectivity index (χ0v) is 8.78.